The zero-order valence-corrected chi connectivity index (χ0v) is 17.2. The number of benzene rings is 2. The molecule has 0 amide bonds. The normalized spacial score (nSPS) is 14.6. The minimum atomic E-state index is -4.19. The Bertz CT molecular complexity index is 1160. The maximum absolute atomic E-state index is 14.1. The van der Waals surface area contributed by atoms with Crippen LogP contribution >= 0.6 is 0 Å². The van der Waals surface area contributed by atoms with Crippen molar-refractivity contribution in [2.75, 3.05) is 6.54 Å². The largest absolute Gasteiger partial charge is 0.370 e. The molecular weight excluding hydrogens is 412 g/mol. The molecule has 0 bridgehead atoms. The van der Waals surface area contributed by atoms with Crippen LogP contribution < -0.4 is 0 Å². The van der Waals surface area contributed by atoms with Gasteiger partial charge in [-0.3, -0.25) is 4.68 Å². The van der Waals surface area contributed by atoms with Crippen LogP contribution in [0.15, 0.2) is 53.4 Å². The van der Waals surface area contributed by atoms with E-state index in [0.717, 1.165) is 33.3 Å². The van der Waals surface area contributed by atoms with Crippen molar-refractivity contribution in [1.82, 2.24) is 14.1 Å². The highest BCUT2D eigenvalue weighted by atomic mass is 32.2. The molecule has 0 atom stereocenters. The van der Waals surface area contributed by atoms with E-state index in [0.29, 0.717) is 24.8 Å². The summed E-state index contributed by atoms with van der Waals surface area (Å²) in [5.41, 5.74) is 3.33. The first kappa shape index (κ1) is 20.6. The molecule has 0 saturated carbocycles. The summed E-state index contributed by atoms with van der Waals surface area (Å²) in [7, 11) is -2.39. The summed E-state index contributed by atoms with van der Waals surface area (Å²) in [6.45, 7) is 0.823. The smallest absolute Gasteiger partial charge is 0.246 e. The summed E-state index contributed by atoms with van der Waals surface area (Å²) in [6.07, 6.45) is 0.424. The highest BCUT2D eigenvalue weighted by Crippen LogP contribution is 2.28. The Morgan fingerprint density at radius 2 is 1.87 bits per heavy atom. The van der Waals surface area contributed by atoms with Crippen molar-refractivity contribution in [1.29, 1.82) is 0 Å². The lowest BCUT2D eigenvalue weighted by Gasteiger charge is -2.27. The molecule has 2 aromatic carbocycles. The van der Waals surface area contributed by atoms with Crippen LogP contribution in [0.1, 0.15) is 22.5 Å². The second-order valence-corrected chi connectivity index (χ2v) is 9.04. The van der Waals surface area contributed by atoms with Crippen LogP contribution in [-0.2, 0) is 48.0 Å². The molecular formula is C21H21F2N3O3S. The number of aryl methyl sites for hydroxylation is 1. The van der Waals surface area contributed by atoms with Crippen molar-refractivity contribution in [3.05, 3.63) is 82.7 Å². The molecule has 0 radical (unpaired) electrons. The maximum Gasteiger partial charge on any atom is 0.246 e. The van der Waals surface area contributed by atoms with E-state index in [4.69, 9.17) is 4.74 Å². The van der Waals surface area contributed by atoms with Crippen molar-refractivity contribution in [2.24, 2.45) is 7.05 Å². The first-order valence-corrected chi connectivity index (χ1v) is 10.9. The predicted molar refractivity (Wildman–Crippen MR) is 106 cm³/mol. The van der Waals surface area contributed by atoms with Gasteiger partial charge in [0.15, 0.2) is 0 Å². The number of aromatic nitrogens is 2. The minimum Gasteiger partial charge on any atom is -0.370 e. The average Bonchev–Trinajstić information content (AvgIpc) is 3.05. The van der Waals surface area contributed by atoms with Crippen LogP contribution in [0.25, 0.3) is 0 Å². The SMILES string of the molecule is Cn1nc(COCc2ccccc2)c2c1CCN(S(=O)(=O)c1cc(F)ccc1F)C2. The van der Waals surface area contributed by atoms with E-state index >= 15 is 0 Å². The predicted octanol–water partition coefficient (Wildman–Crippen LogP) is 3.16. The molecule has 0 fully saturated rings. The van der Waals surface area contributed by atoms with Gasteiger partial charge in [-0.25, -0.2) is 17.2 Å². The summed E-state index contributed by atoms with van der Waals surface area (Å²) in [6, 6.07) is 12.1. The Balaban J connectivity index is 1.55. The van der Waals surface area contributed by atoms with Crippen LogP contribution in [0.3, 0.4) is 0 Å². The first-order valence-electron chi connectivity index (χ1n) is 9.47. The van der Waals surface area contributed by atoms with E-state index in [-0.39, 0.29) is 19.7 Å². The molecule has 0 spiro atoms. The molecule has 30 heavy (non-hydrogen) atoms. The Kier molecular flexibility index (Phi) is 5.68. The highest BCUT2D eigenvalue weighted by Gasteiger charge is 2.33. The number of nitrogens with zero attached hydrogens (tertiary/aromatic N) is 3. The van der Waals surface area contributed by atoms with Crippen molar-refractivity contribution in [2.45, 2.75) is 31.1 Å². The maximum atomic E-state index is 14.1. The second kappa shape index (κ2) is 8.25. The molecule has 9 heteroatoms. The van der Waals surface area contributed by atoms with E-state index in [2.05, 4.69) is 5.10 Å². The molecule has 0 unspecified atom stereocenters. The summed E-state index contributed by atoms with van der Waals surface area (Å²) in [4.78, 5) is -0.656. The van der Waals surface area contributed by atoms with Gasteiger partial charge in [0.25, 0.3) is 0 Å². The number of halogens is 2. The van der Waals surface area contributed by atoms with Gasteiger partial charge in [0.1, 0.15) is 16.5 Å². The number of fused-ring (bicyclic) bond motifs is 1. The molecule has 4 rings (SSSR count). The van der Waals surface area contributed by atoms with Gasteiger partial charge in [-0.1, -0.05) is 30.3 Å². The Morgan fingerprint density at radius 1 is 1.10 bits per heavy atom. The molecule has 0 N–H and O–H groups in total. The molecule has 1 aromatic heterocycles. The van der Waals surface area contributed by atoms with Crippen LogP contribution in [0, 0.1) is 11.6 Å². The molecule has 1 aliphatic heterocycles. The molecule has 0 aliphatic carbocycles. The Morgan fingerprint density at radius 3 is 2.63 bits per heavy atom. The van der Waals surface area contributed by atoms with E-state index in [1.165, 1.54) is 0 Å². The summed E-state index contributed by atoms with van der Waals surface area (Å²) < 4.78 is 62.2. The third-order valence-corrected chi connectivity index (χ3v) is 7.01. The number of hydrogen-bond acceptors (Lipinski definition) is 4. The van der Waals surface area contributed by atoms with Gasteiger partial charge in [-0.15, -0.1) is 0 Å². The van der Waals surface area contributed by atoms with Crippen molar-refractivity contribution in [3.8, 4) is 0 Å². The van der Waals surface area contributed by atoms with Gasteiger partial charge in [-0.2, -0.15) is 9.40 Å². The molecule has 3 aromatic rings. The number of hydrogen-bond donors (Lipinski definition) is 0. The van der Waals surface area contributed by atoms with E-state index in [9.17, 15) is 17.2 Å². The number of ether oxygens (including phenoxy) is 1. The zero-order valence-electron chi connectivity index (χ0n) is 16.4. The molecule has 158 valence electrons. The minimum absolute atomic E-state index is 0.0332. The lowest BCUT2D eigenvalue weighted by molar-refractivity contribution is 0.103. The van der Waals surface area contributed by atoms with Gasteiger partial charge in [0, 0.05) is 37.8 Å². The standard InChI is InChI=1S/C21H21F2N3O3S/c1-25-20-9-10-26(30(27,28)21-11-16(22)7-8-18(21)23)12-17(20)19(24-25)14-29-13-15-5-3-2-4-6-15/h2-8,11H,9-10,12-14H2,1H3. The fourth-order valence-corrected chi connectivity index (χ4v) is 5.10. The average molecular weight is 433 g/mol. The quantitative estimate of drug-likeness (QED) is 0.599. The fraction of sp³-hybridized carbons (Fsp3) is 0.286. The summed E-state index contributed by atoms with van der Waals surface area (Å²) >= 11 is 0. The van der Waals surface area contributed by atoms with Crippen molar-refractivity contribution in [3.63, 3.8) is 0 Å². The lowest BCUT2D eigenvalue weighted by Crippen LogP contribution is -2.37. The van der Waals surface area contributed by atoms with Crippen molar-refractivity contribution >= 4 is 10.0 Å². The van der Waals surface area contributed by atoms with Crippen molar-refractivity contribution < 1.29 is 21.9 Å². The fourth-order valence-electron chi connectivity index (χ4n) is 3.62. The van der Waals surface area contributed by atoms with E-state index in [1.807, 2.05) is 30.3 Å². The summed E-state index contributed by atoms with van der Waals surface area (Å²) in [5, 5.41) is 4.48. The third kappa shape index (κ3) is 4.00. The number of rotatable bonds is 6. The third-order valence-electron chi connectivity index (χ3n) is 5.15. The van der Waals surface area contributed by atoms with E-state index < -0.39 is 26.6 Å². The topological polar surface area (TPSA) is 64.4 Å². The van der Waals surface area contributed by atoms with Crippen LogP contribution in [-0.4, -0.2) is 29.0 Å². The molecule has 2 heterocycles. The first-order chi connectivity index (χ1) is 14.4. The van der Waals surface area contributed by atoms with Gasteiger partial charge < -0.3 is 4.74 Å². The van der Waals surface area contributed by atoms with Gasteiger partial charge >= 0.3 is 0 Å². The van der Waals surface area contributed by atoms with Gasteiger partial charge in [0.05, 0.1) is 18.9 Å². The van der Waals surface area contributed by atoms with Crippen LogP contribution in [0.5, 0.6) is 0 Å². The van der Waals surface area contributed by atoms with Gasteiger partial charge in [-0.05, 0) is 23.8 Å². The van der Waals surface area contributed by atoms with Gasteiger partial charge in [0.2, 0.25) is 10.0 Å². The van der Waals surface area contributed by atoms with Crippen LogP contribution in [0.2, 0.25) is 0 Å². The lowest BCUT2D eigenvalue weighted by atomic mass is 10.1. The molecule has 1 aliphatic rings. The summed E-state index contributed by atoms with van der Waals surface area (Å²) in [5.74, 6) is -1.77. The monoisotopic (exact) mass is 433 g/mol. The number of sulfonamides is 1. The molecule has 0 saturated heterocycles. The zero-order chi connectivity index (χ0) is 21.3. The van der Waals surface area contributed by atoms with E-state index in [1.54, 1.807) is 11.7 Å². The molecule has 6 nitrogen and oxygen atoms in total. The Labute approximate surface area is 173 Å². The highest BCUT2D eigenvalue weighted by molar-refractivity contribution is 7.89. The van der Waals surface area contributed by atoms with Crippen LogP contribution in [0.4, 0.5) is 8.78 Å². The second-order valence-electron chi connectivity index (χ2n) is 7.14. The Hall–Kier alpha value is -2.62.